The molecule has 5 rings (SSSR count). The van der Waals surface area contributed by atoms with Gasteiger partial charge in [-0.2, -0.15) is 4.52 Å². The molecule has 1 amide bonds. The smallest absolute Gasteiger partial charge is 0.226 e. The minimum absolute atomic E-state index is 0.167. The van der Waals surface area contributed by atoms with Crippen molar-refractivity contribution in [1.29, 1.82) is 0 Å². The quantitative estimate of drug-likeness (QED) is 0.781. The number of hydrogen-bond acceptors (Lipinski definition) is 5. The van der Waals surface area contributed by atoms with E-state index < -0.39 is 0 Å². The van der Waals surface area contributed by atoms with Crippen LogP contribution in [0, 0.1) is 5.92 Å². The maximum atomic E-state index is 12.6. The summed E-state index contributed by atoms with van der Waals surface area (Å²) in [7, 11) is 0. The van der Waals surface area contributed by atoms with E-state index in [1.54, 1.807) is 0 Å². The molecule has 27 heavy (non-hydrogen) atoms. The van der Waals surface area contributed by atoms with E-state index in [-0.39, 0.29) is 5.92 Å². The summed E-state index contributed by atoms with van der Waals surface area (Å²) in [5.41, 5.74) is 0.809. The molecule has 1 aliphatic carbocycles. The van der Waals surface area contributed by atoms with Crippen molar-refractivity contribution in [2.24, 2.45) is 5.92 Å². The standard InChI is InChI=1S/C20H26N6O/c27-20(16-5-1-2-6-16)25-13-9-15(10-14-25)19-22-21-17-7-8-18(23-26(17)19)24-11-3-4-12-24/h1-2,7-8,15-16H,3-6,9-14H2. The number of likely N-dealkylation sites (tertiary alicyclic amines) is 1. The van der Waals surface area contributed by atoms with Crippen LogP contribution in [-0.2, 0) is 4.79 Å². The largest absolute Gasteiger partial charge is 0.355 e. The van der Waals surface area contributed by atoms with Gasteiger partial charge in [-0.15, -0.1) is 15.3 Å². The van der Waals surface area contributed by atoms with Crippen LogP contribution in [0.4, 0.5) is 5.82 Å². The van der Waals surface area contributed by atoms with Gasteiger partial charge in [0.2, 0.25) is 5.91 Å². The Balaban J connectivity index is 1.31. The van der Waals surface area contributed by atoms with Gasteiger partial charge in [-0.3, -0.25) is 4.79 Å². The maximum Gasteiger partial charge on any atom is 0.226 e. The summed E-state index contributed by atoms with van der Waals surface area (Å²) in [4.78, 5) is 17.0. The van der Waals surface area contributed by atoms with Gasteiger partial charge in [0.25, 0.3) is 0 Å². The summed E-state index contributed by atoms with van der Waals surface area (Å²) in [5.74, 6) is 2.76. The molecule has 0 spiro atoms. The molecule has 0 unspecified atom stereocenters. The highest BCUT2D eigenvalue weighted by molar-refractivity contribution is 5.79. The second-order valence-electron chi connectivity index (χ2n) is 7.95. The molecule has 0 saturated carbocycles. The lowest BCUT2D eigenvalue weighted by Gasteiger charge is -2.32. The normalized spacial score (nSPS) is 21.6. The maximum absolute atomic E-state index is 12.6. The lowest BCUT2D eigenvalue weighted by Crippen LogP contribution is -2.41. The number of aromatic nitrogens is 4. The third kappa shape index (κ3) is 3.09. The number of rotatable bonds is 3. The van der Waals surface area contributed by atoms with Gasteiger partial charge in [0.1, 0.15) is 5.82 Å². The number of nitrogens with zero attached hydrogens (tertiary/aromatic N) is 6. The van der Waals surface area contributed by atoms with Gasteiger partial charge in [0.05, 0.1) is 0 Å². The van der Waals surface area contributed by atoms with Crippen LogP contribution in [0.1, 0.15) is 50.3 Å². The van der Waals surface area contributed by atoms with Crippen LogP contribution in [0.3, 0.4) is 0 Å². The van der Waals surface area contributed by atoms with Crippen LogP contribution in [0.25, 0.3) is 5.65 Å². The van der Waals surface area contributed by atoms with Crippen molar-refractivity contribution in [3.8, 4) is 0 Å². The SMILES string of the molecule is O=C(C1CC=CC1)N1CCC(c2nnc3ccc(N4CCCC4)nn23)CC1. The third-order valence-corrected chi connectivity index (χ3v) is 6.23. The molecule has 0 N–H and O–H groups in total. The lowest BCUT2D eigenvalue weighted by molar-refractivity contribution is -0.136. The molecule has 2 saturated heterocycles. The summed E-state index contributed by atoms with van der Waals surface area (Å²) >= 11 is 0. The zero-order valence-corrected chi connectivity index (χ0v) is 15.6. The molecule has 2 aromatic rings. The average molecular weight is 366 g/mol. The van der Waals surface area contributed by atoms with E-state index in [1.807, 2.05) is 15.5 Å². The minimum Gasteiger partial charge on any atom is -0.355 e. The Morgan fingerprint density at radius 1 is 0.963 bits per heavy atom. The summed E-state index contributed by atoms with van der Waals surface area (Å²) in [6.45, 7) is 3.76. The highest BCUT2D eigenvalue weighted by Crippen LogP contribution is 2.30. The predicted octanol–water partition coefficient (Wildman–Crippen LogP) is 2.40. The van der Waals surface area contributed by atoms with Gasteiger partial charge < -0.3 is 9.80 Å². The van der Waals surface area contributed by atoms with Gasteiger partial charge in [0.15, 0.2) is 11.5 Å². The summed E-state index contributed by atoms with van der Waals surface area (Å²) in [5, 5.41) is 13.6. The molecule has 0 aromatic carbocycles. The number of carbonyl (C=O) groups excluding carboxylic acids is 1. The molecule has 0 bridgehead atoms. The van der Waals surface area contributed by atoms with Gasteiger partial charge in [0, 0.05) is 38.0 Å². The molecule has 142 valence electrons. The van der Waals surface area contributed by atoms with E-state index in [4.69, 9.17) is 5.10 Å². The van der Waals surface area contributed by atoms with Crippen molar-refractivity contribution in [2.45, 2.75) is 44.4 Å². The van der Waals surface area contributed by atoms with Crippen LogP contribution in [-0.4, -0.2) is 56.8 Å². The fourth-order valence-corrected chi connectivity index (χ4v) is 4.60. The van der Waals surface area contributed by atoms with E-state index in [0.717, 1.165) is 69.2 Å². The molecule has 7 heteroatoms. The fourth-order valence-electron chi connectivity index (χ4n) is 4.60. The van der Waals surface area contributed by atoms with Crippen LogP contribution >= 0.6 is 0 Å². The van der Waals surface area contributed by atoms with Crippen molar-refractivity contribution in [1.82, 2.24) is 24.7 Å². The van der Waals surface area contributed by atoms with Crippen LogP contribution in [0.5, 0.6) is 0 Å². The molecule has 0 atom stereocenters. The van der Waals surface area contributed by atoms with Crippen LogP contribution in [0.2, 0.25) is 0 Å². The van der Waals surface area contributed by atoms with Gasteiger partial charge in [-0.25, -0.2) is 0 Å². The molecule has 7 nitrogen and oxygen atoms in total. The highest BCUT2D eigenvalue weighted by Gasteiger charge is 2.31. The molecule has 3 aliphatic rings. The van der Waals surface area contributed by atoms with E-state index in [2.05, 4.69) is 33.3 Å². The second-order valence-corrected chi connectivity index (χ2v) is 7.95. The van der Waals surface area contributed by atoms with E-state index in [0.29, 0.717) is 11.8 Å². The first kappa shape index (κ1) is 16.7. The predicted molar refractivity (Wildman–Crippen MR) is 103 cm³/mol. The van der Waals surface area contributed by atoms with Gasteiger partial charge in [-0.1, -0.05) is 12.2 Å². The number of piperidine rings is 1. The first-order chi connectivity index (χ1) is 13.3. The number of amides is 1. The average Bonchev–Trinajstić information content (AvgIpc) is 3.48. The monoisotopic (exact) mass is 366 g/mol. The van der Waals surface area contributed by atoms with Crippen molar-refractivity contribution in [3.05, 3.63) is 30.1 Å². The Morgan fingerprint density at radius 3 is 2.44 bits per heavy atom. The summed E-state index contributed by atoms with van der Waals surface area (Å²) in [6, 6.07) is 4.07. The van der Waals surface area contributed by atoms with Gasteiger partial charge in [-0.05, 0) is 50.7 Å². The molecular formula is C20H26N6O. The summed E-state index contributed by atoms with van der Waals surface area (Å²) < 4.78 is 1.93. The number of allylic oxidation sites excluding steroid dienone is 2. The summed E-state index contributed by atoms with van der Waals surface area (Å²) in [6.07, 6.45) is 10.4. The molecule has 0 radical (unpaired) electrons. The molecule has 4 heterocycles. The van der Waals surface area contributed by atoms with Crippen molar-refractivity contribution in [2.75, 3.05) is 31.1 Å². The van der Waals surface area contributed by atoms with E-state index in [1.165, 1.54) is 12.8 Å². The molecule has 2 aromatic heterocycles. The second kappa shape index (κ2) is 6.94. The van der Waals surface area contributed by atoms with E-state index >= 15 is 0 Å². The Bertz CT molecular complexity index is 852. The topological polar surface area (TPSA) is 66.6 Å². The highest BCUT2D eigenvalue weighted by atomic mass is 16.2. The Labute approximate surface area is 159 Å². The Morgan fingerprint density at radius 2 is 1.70 bits per heavy atom. The van der Waals surface area contributed by atoms with Crippen LogP contribution in [0.15, 0.2) is 24.3 Å². The van der Waals surface area contributed by atoms with Crippen molar-refractivity contribution >= 4 is 17.4 Å². The fraction of sp³-hybridized carbons (Fsp3) is 0.600. The van der Waals surface area contributed by atoms with Crippen molar-refractivity contribution in [3.63, 3.8) is 0 Å². The number of fused-ring (bicyclic) bond motifs is 1. The molecule has 2 aliphatic heterocycles. The number of carbonyl (C=O) groups is 1. The minimum atomic E-state index is 0.167. The Hall–Kier alpha value is -2.44. The first-order valence-electron chi connectivity index (χ1n) is 10.2. The number of hydrogen-bond donors (Lipinski definition) is 0. The Kier molecular flexibility index (Phi) is 4.30. The number of anilines is 1. The van der Waals surface area contributed by atoms with Crippen LogP contribution < -0.4 is 4.90 Å². The third-order valence-electron chi connectivity index (χ3n) is 6.23. The zero-order valence-electron chi connectivity index (χ0n) is 15.6. The molecular weight excluding hydrogens is 340 g/mol. The van der Waals surface area contributed by atoms with Gasteiger partial charge >= 0.3 is 0 Å². The first-order valence-corrected chi connectivity index (χ1v) is 10.2. The molecule has 2 fully saturated rings. The van der Waals surface area contributed by atoms with Crippen molar-refractivity contribution < 1.29 is 4.79 Å². The zero-order chi connectivity index (χ0) is 18.2. The van der Waals surface area contributed by atoms with E-state index in [9.17, 15) is 4.79 Å². The lowest BCUT2D eigenvalue weighted by atomic mass is 9.94.